The molecule has 0 saturated heterocycles. The highest BCUT2D eigenvalue weighted by molar-refractivity contribution is 7.17. The first-order chi connectivity index (χ1) is 12.0. The number of carbonyl (C=O) groups excluding carboxylic acids is 1. The summed E-state index contributed by atoms with van der Waals surface area (Å²) in [6.45, 7) is 3.40. The predicted molar refractivity (Wildman–Crippen MR) is 96.5 cm³/mol. The lowest BCUT2D eigenvalue weighted by atomic mass is 10.1. The van der Waals surface area contributed by atoms with Crippen LogP contribution >= 0.6 is 11.3 Å². The van der Waals surface area contributed by atoms with Gasteiger partial charge < -0.3 is 9.15 Å². The van der Waals surface area contributed by atoms with Crippen molar-refractivity contribution >= 4 is 39.1 Å². The van der Waals surface area contributed by atoms with Crippen LogP contribution < -0.4 is 11.1 Å². The Morgan fingerprint density at radius 2 is 2.12 bits per heavy atom. The Bertz CT molecular complexity index is 1040. The number of anilines is 1. The fraction of sp³-hybridized carbons (Fsp3) is 0.176. The summed E-state index contributed by atoms with van der Waals surface area (Å²) in [5.74, 6) is -0.445. The normalized spacial score (nSPS) is 11.6. The lowest BCUT2D eigenvalue weighted by Crippen LogP contribution is -2.13. The molecule has 1 N–H and O–H groups in total. The summed E-state index contributed by atoms with van der Waals surface area (Å²) in [7, 11) is 1.32. The zero-order chi connectivity index (χ0) is 18.0. The SMILES string of the molecule is COC(=O)c1sc(N/N=C(\C)c2cc3ccccc3oc2=O)nc1C. The summed E-state index contributed by atoms with van der Waals surface area (Å²) < 4.78 is 9.99. The van der Waals surface area contributed by atoms with E-state index >= 15 is 0 Å². The van der Waals surface area contributed by atoms with Crippen LogP contribution in [0.3, 0.4) is 0 Å². The molecule has 0 atom stereocenters. The Morgan fingerprint density at radius 3 is 2.88 bits per heavy atom. The molecule has 1 aromatic carbocycles. The second-order valence-electron chi connectivity index (χ2n) is 5.22. The smallest absolute Gasteiger partial charge is 0.350 e. The highest BCUT2D eigenvalue weighted by Gasteiger charge is 2.15. The first-order valence-corrected chi connectivity index (χ1v) is 8.20. The molecule has 3 rings (SSSR count). The third-order valence-corrected chi connectivity index (χ3v) is 4.56. The number of nitrogens with one attached hydrogen (secondary N) is 1. The largest absolute Gasteiger partial charge is 0.465 e. The number of aromatic nitrogens is 1. The van der Waals surface area contributed by atoms with Gasteiger partial charge in [-0.05, 0) is 26.0 Å². The van der Waals surface area contributed by atoms with E-state index in [1.807, 2.05) is 12.1 Å². The van der Waals surface area contributed by atoms with Gasteiger partial charge in [-0.2, -0.15) is 5.10 Å². The van der Waals surface area contributed by atoms with Crippen LogP contribution in [-0.2, 0) is 4.74 Å². The minimum absolute atomic E-state index is 0.354. The molecule has 0 fully saturated rings. The molecule has 0 aliphatic heterocycles. The van der Waals surface area contributed by atoms with Crippen LogP contribution in [0.2, 0.25) is 0 Å². The number of aryl methyl sites for hydroxylation is 1. The van der Waals surface area contributed by atoms with Gasteiger partial charge in [0.05, 0.1) is 24.1 Å². The molecule has 0 bridgehead atoms. The van der Waals surface area contributed by atoms with Gasteiger partial charge in [0.15, 0.2) is 0 Å². The number of rotatable bonds is 4. The predicted octanol–water partition coefficient (Wildman–Crippen LogP) is 3.18. The van der Waals surface area contributed by atoms with Crippen molar-refractivity contribution in [3.05, 3.63) is 56.9 Å². The third-order valence-electron chi connectivity index (χ3n) is 3.52. The van der Waals surface area contributed by atoms with Crippen LogP contribution in [-0.4, -0.2) is 23.8 Å². The van der Waals surface area contributed by atoms with Gasteiger partial charge in [0.25, 0.3) is 0 Å². The van der Waals surface area contributed by atoms with Gasteiger partial charge in [-0.3, -0.25) is 5.43 Å². The number of hydrazone groups is 1. The second-order valence-corrected chi connectivity index (χ2v) is 6.22. The minimum Gasteiger partial charge on any atom is -0.465 e. The van der Waals surface area contributed by atoms with Gasteiger partial charge in [0.2, 0.25) is 5.13 Å². The topological polar surface area (TPSA) is 93.8 Å². The van der Waals surface area contributed by atoms with Crippen molar-refractivity contribution in [1.82, 2.24) is 4.98 Å². The molecule has 25 heavy (non-hydrogen) atoms. The van der Waals surface area contributed by atoms with Crippen molar-refractivity contribution in [2.24, 2.45) is 5.10 Å². The Hall–Kier alpha value is -3.00. The lowest BCUT2D eigenvalue weighted by Gasteiger charge is -2.02. The fourth-order valence-corrected chi connectivity index (χ4v) is 3.06. The number of hydrogen-bond acceptors (Lipinski definition) is 8. The molecule has 128 valence electrons. The maximum absolute atomic E-state index is 12.1. The average Bonchev–Trinajstić information content (AvgIpc) is 2.99. The number of nitrogens with zero attached hydrogens (tertiary/aromatic N) is 2. The van der Waals surface area contributed by atoms with Gasteiger partial charge in [-0.25, -0.2) is 14.6 Å². The van der Waals surface area contributed by atoms with Crippen molar-refractivity contribution in [2.45, 2.75) is 13.8 Å². The number of esters is 1. The van der Waals surface area contributed by atoms with Crippen LogP contribution in [0.5, 0.6) is 0 Å². The molecule has 3 aromatic rings. The molecular weight excluding hydrogens is 342 g/mol. The highest BCUT2D eigenvalue weighted by atomic mass is 32.1. The molecule has 0 spiro atoms. The van der Waals surface area contributed by atoms with E-state index in [1.54, 1.807) is 32.0 Å². The summed E-state index contributed by atoms with van der Waals surface area (Å²) in [5, 5.41) is 5.42. The van der Waals surface area contributed by atoms with Crippen LogP contribution in [0.4, 0.5) is 5.13 Å². The molecule has 0 saturated carbocycles. The summed E-state index contributed by atoms with van der Waals surface area (Å²) in [6.07, 6.45) is 0. The van der Waals surface area contributed by atoms with E-state index in [1.165, 1.54) is 7.11 Å². The van der Waals surface area contributed by atoms with Crippen LogP contribution in [0.15, 0.2) is 44.6 Å². The standard InChI is InChI=1S/C17H15N3O4S/c1-9(12-8-11-6-4-5-7-13(11)24-15(12)21)19-20-17-18-10(2)14(25-17)16(22)23-3/h4-8H,1-3H3,(H,18,20)/b19-9+. The summed E-state index contributed by atoms with van der Waals surface area (Å²) in [5.41, 5.74) is 4.18. The molecule has 8 heteroatoms. The van der Waals surface area contributed by atoms with E-state index in [0.29, 0.717) is 32.6 Å². The van der Waals surface area contributed by atoms with E-state index in [2.05, 4.69) is 15.5 Å². The molecule has 0 amide bonds. The number of ether oxygens (including phenoxy) is 1. The van der Waals surface area contributed by atoms with Crippen molar-refractivity contribution in [3.63, 3.8) is 0 Å². The number of hydrogen-bond donors (Lipinski definition) is 1. The number of methoxy groups -OCH3 is 1. The number of fused-ring (bicyclic) bond motifs is 1. The molecule has 0 unspecified atom stereocenters. The van der Waals surface area contributed by atoms with Crippen molar-refractivity contribution < 1.29 is 13.9 Å². The quantitative estimate of drug-likeness (QED) is 0.334. The number of benzene rings is 1. The van der Waals surface area contributed by atoms with Crippen molar-refractivity contribution in [3.8, 4) is 0 Å². The second kappa shape index (κ2) is 6.86. The molecule has 7 nitrogen and oxygen atoms in total. The summed E-state index contributed by atoms with van der Waals surface area (Å²) >= 11 is 1.13. The average molecular weight is 357 g/mol. The first-order valence-electron chi connectivity index (χ1n) is 7.39. The van der Waals surface area contributed by atoms with E-state index in [-0.39, 0.29) is 0 Å². The van der Waals surface area contributed by atoms with Crippen LogP contribution in [0.1, 0.15) is 27.9 Å². The Labute approximate surface area is 147 Å². The Morgan fingerprint density at radius 1 is 1.36 bits per heavy atom. The lowest BCUT2D eigenvalue weighted by molar-refractivity contribution is 0.0605. The maximum atomic E-state index is 12.1. The van der Waals surface area contributed by atoms with Gasteiger partial charge >= 0.3 is 11.6 Å². The fourth-order valence-electron chi connectivity index (χ4n) is 2.23. The minimum atomic E-state index is -0.465. The van der Waals surface area contributed by atoms with Crippen LogP contribution in [0, 0.1) is 6.92 Å². The number of thiazole rings is 1. The summed E-state index contributed by atoms with van der Waals surface area (Å²) in [6, 6.07) is 8.99. The maximum Gasteiger partial charge on any atom is 0.350 e. The molecule has 0 aliphatic carbocycles. The van der Waals surface area contributed by atoms with Crippen molar-refractivity contribution in [2.75, 3.05) is 12.5 Å². The first kappa shape index (κ1) is 16.8. The zero-order valence-corrected chi connectivity index (χ0v) is 14.6. The molecule has 0 aliphatic rings. The van der Waals surface area contributed by atoms with E-state index in [0.717, 1.165) is 16.7 Å². The monoisotopic (exact) mass is 357 g/mol. The molecule has 0 radical (unpaired) electrons. The van der Waals surface area contributed by atoms with Gasteiger partial charge in [-0.15, -0.1) is 0 Å². The summed E-state index contributed by atoms with van der Waals surface area (Å²) in [4.78, 5) is 28.4. The highest BCUT2D eigenvalue weighted by Crippen LogP contribution is 2.23. The third kappa shape index (κ3) is 3.43. The van der Waals surface area contributed by atoms with E-state index in [9.17, 15) is 9.59 Å². The van der Waals surface area contributed by atoms with Gasteiger partial charge in [0.1, 0.15) is 10.5 Å². The van der Waals surface area contributed by atoms with Crippen LogP contribution in [0.25, 0.3) is 11.0 Å². The number of para-hydroxylation sites is 1. The molecule has 2 aromatic heterocycles. The van der Waals surface area contributed by atoms with Gasteiger partial charge in [0, 0.05) is 5.39 Å². The molecular formula is C17H15N3O4S. The van der Waals surface area contributed by atoms with Crippen molar-refractivity contribution in [1.29, 1.82) is 0 Å². The Kier molecular flexibility index (Phi) is 4.62. The van der Waals surface area contributed by atoms with Gasteiger partial charge in [-0.1, -0.05) is 29.5 Å². The number of carbonyl (C=O) groups is 1. The Balaban J connectivity index is 1.88. The zero-order valence-electron chi connectivity index (χ0n) is 13.8. The van der Waals surface area contributed by atoms with E-state index < -0.39 is 11.6 Å². The van der Waals surface area contributed by atoms with E-state index in [4.69, 9.17) is 9.15 Å². The molecule has 2 heterocycles.